The largest absolute Gasteiger partial charge is 0.488 e. The van der Waals surface area contributed by atoms with Crippen molar-refractivity contribution in [3.05, 3.63) is 58.6 Å². The number of rotatable bonds is 7. The molecule has 1 saturated heterocycles. The van der Waals surface area contributed by atoms with Gasteiger partial charge in [-0.2, -0.15) is 13.2 Å². The predicted octanol–water partition coefficient (Wildman–Crippen LogP) is 4.84. The Balaban J connectivity index is 1.57. The van der Waals surface area contributed by atoms with Gasteiger partial charge in [-0.05, 0) is 31.5 Å². The van der Waals surface area contributed by atoms with E-state index in [4.69, 9.17) is 9.47 Å². The maximum Gasteiger partial charge on any atom is 0.451 e. The van der Waals surface area contributed by atoms with Crippen LogP contribution in [0.4, 0.5) is 13.2 Å². The number of carbonyl (C=O) groups excluding carboxylic acids is 1. The number of benzene rings is 1. The lowest BCUT2D eigenvalue weighted by molar-refractivity contribution is -0.145. The predicted molar refractivity (Wildman–Crippen MR) is 120 cm³/mol. The summed E-state index contributed by atoms with van der Waals surface area (Å²) in [4.78, 5) is 25.4. The number of aromatic nitrogens is 3. The minimum absolute atomic E-state index is 0.100. The number of halogens is 3. The fraction of sp³-hybridized carbons (Fsp3) is 0.391. The number of hydrogen-bond donors (Lipinski definition) is 1. The average molecular weight is 493 g/mol. The van der Waals surface area contributed by atoms with Crippen molar-refractivity contribution in [2.75, 3.05) is 13.2 Å². The molecule has 0 bridgehead atoms. The van der Waals surface area contributed by atoms with Crippen molar-refractivity contribution >= 4 is 17.2 Å². The van der Waals surface area contributed by atoms with Crippen LogP contribution in [0, 0.1) is 0 Å². The normalized spacial score (nSPS) is 16.9. The zero-order valence-corrected chi connectivity index (χ0v) is 19.4. The molecule has 1 aliphatic rings. The summed E-state index contributed by atoms with van der Waals surface area (Å²) < 4.78 is 49.6. The Morgan fingerprint density at radius 1 is 1.24 bits per heavy atom. The smallest absolute Gasteiger partial charge is 0.451 e. The molecule has 0 saturated carbocycles. The summed E-state index contributed by atoms with van der Waals surface area (Å²) in [6, 6.07) is 4.60. The molecule has 11 heteroatoms. The molecule has 1 aromatic carbocycles. The zero-order valence-electron chi connectivity index (χ0n) is 18.6. The lowest BCUT2D eigenvalue weighted by Crippen LogP contribution is -2.27. The van der Waals surface area contributed by atoms with E-state index in [0.717, 1.165) is 40.7 Å². The highest BCUT2D eigenvalue weighted by Gasteiger charge is 2.34. The first-order chi connectivity index (χ1) is 16.2. The summed E-state index contributed by atoms with van der Waals surface area (Å²) in [5.74, 6) is -1.11. The van der Waals surface area contributed by atoms with E-state index in [-0.39, 0.29) is 6.10 Å². The molecule has 3 aromatic rings. The van der Waals surface area contributed by atoms with Gasteiger partial charge in [0.2, 0.25) is 5.82 Å². The SMILES string of the molecule is CCc1cnc(-c2cc(O[C@@H]3CCOC3)cc(C(=O)NC(C)c3cnc(C(F)(F)F)nc3)c2)s1. The highest BCUT2D eigenvalue weighted by molar-refractivity contribution is 7.15. The number of ether oxygens (including phenoxy) is 2. The van der Waals surface area contributed by atoms with Crippen molar-refractivity contribution < 1.29 is 27.4 Å². The van der Waals surface area contributed by atoms with E-state index in [9.17, 15) is 18.0 Å². The molecule has 2 atom stereocenters. The Kier molecular flexibility index (Phi) is 7.13. The number of nitrogens with zero attached hydrogens (tertiary/aromatic N) is 3. The fourth-order valence-corrected chi connectivity index (χ4v) is 4.23. The molecule has 1 aliphatic heterocycles. The summed E-state index contributed by atoms with van der Waals surface area (Å²) in [6.45, 7) is 4.79. The highest BCUT2D eigenvalue weighted by atomic mass is 32.1. The van der Waals surface area contributed by atoms with Crippen molar-refractivity contribution in [2.45, 2.75) is 45.0 Å². The van der Waals surface area contributed by atoms with Crippen molar-refractivity contribution in [1.29, 1.82) is 0 Å². The molecule has 4 rings (SSSR count). The van der Waals surface area contributed by atoms with Gasteiger partial charge in [0.15, 0.2) is 0 Å². The van der Waals surface area contributed by atoms with Crippen molar-refractivity contribution in [3.63, 3.8) is 0 Å². The Morgan fingerprint density at radius 3 is 2.62 bits per heavy atom. The second-order valence-electron chi connectivity index (χ2n) is 7.87. The van der Waals surface area contributed by atoms with Crippen LogP contribution in [0.5, 0.6) is 5.75 Å². The minimum Gasteiger partial charge on any atom is -0.488 e. The monoisotopic (exact) mass is 492 g/mol. The van der Waals surface area contributed by atoms with E-state index >= 15 is 0 Å². The van der Waals surface area contributed by atoms with Crippen molar-refractivity contribution in [1.82, 2.24) is 20.3 Å². The Hall–Kier alpha value is -3.05. The number of alkyl halides is 3. The van der Waals surface area contributed by atoms with Crippen molar-refractivity contribution in [2.24, 2.45) is 0 Å². The van der Waals surface area contributed by atoms with Crippen LogP contribution in [-0.2, 0) is 17.3 Å². The van der Waals surface area contributed by atoms with Gasteiger partial charge in [-0.25, -0.2) is 15.0 Å². The molecule has 2 aromatic heterocycles. The second-order valence-corrected chi connectivity index (χ2v) is 8.98. The lowest BCUT2D eigenvalue weighted by Gasteiger charge is -2.17. The molecule has 34 heavy (non-hydrogen) atoms. The van der Waals surface area contributed by atoms with E-state index in [2.05, 4.69) is 20.3 Å². The maximum absolute atomic E-state index is 13.1. The molecule has 1 N–H and O–H groups in total. The van der Waals surface area contributed by atoms with Gasteiger partial charge in [-0.3, -0.25) is 4.79 Å². The molecule has 3 heterocycles. The number of carbonyl (C=O) groups is 1. The third-order valence-corrected chi connectivity index (χ3v) is 6.47. The van der Waals surface area contributed by atoms with Crippen LogP contribution in [0.2, 0.25) is 0 Å². The van der Waals surface area contributed by atoms with Crippen LogP contribution in [0.3, 0.4) is 0 Å². The number of hydrogen-bond acceptors (Lipinski definition) is 7. The highest BCUT2D eigenvalue weighted by Crippen LogP contribution is 2.31. The van der Waals surface area contributed by atoms with Gasteiger partial charge in [0.25, 0.3) is 5.91 Å². The number of amides is 1. The molecule has 7 nitrogen and oxygen atoms in total. The molecule has 0 aliphatic carbocycles. The number of thiazole rings is 1. The quantitative estimate of drug-likeness (QED) is 0.508. The summed E-state index contributed by atoms with van der Waals surface area (Å²) in [7, 11) is 0. The van der Waals surface area contributed by atoms with Gasteiger partial charge in [0, 0.05) is 46.6 Å². The van der Waals surface area contributed by atoms with E-state index < -0.39 is 23.9 Å². The van der Waals surface area contributed by atoms with E-state index in [1.807, 2.05) is 19.2 Å². The molecule has 1 amide bonds. The van der Waals surface area contributed by atoms with E-state index in [1.165, 1.54) is 0 Å². The minimum atomic E-state index is -4.63. The zero-order chi connectivity index (χ0) is 24.3. The fourth-order valence-electron chi connectivity index (χ4n) is 3.40. The maximum atomic E-state index is 13.1. The molecule has 0 radical (unpaired) electrons. The third kappa shape index (κ3) is 5.71. The second kappa shape index (κ2) is 10.1. The van der Waals surface area contributed by atoms with Crippen LogP contribution in [0.25, 0.3) is 10.6 Å². The van der Waals surface area contributed by atoms with Crippen LogP contribution in [0.1, 0.15) is 52.9 Å². The molecule has 180 valence electrons. The third-order valence-electron chi connectivity index (χ3n) is 5.28. The first kappa shape index (κ1) is 24.1. The lowest BCUT2D eigenvalue weighted by atomic mass is 10.1. The van der Waals surface area contributed by atoms with Gasteiger partial charge >= 0.3 is 6.18 Å². The van der Waals surface area contributed by atoms with Crippen LogP contribution in [-0.4, -0.2) is 40.2 Å². The standard InChI is InChI=1S/C23H23F3N4O3S/c1-3-19-11-27-21(34-19)15-6-14(7-18(8-15)33-17-4-5-32-12-17)20(31)30-13(2)16-9-28-22(29-10-16)23(24,25)26/h6-11,13,17H,3-5,12H2,1-2H3,(H,30,31)/t13?,17-/m1/s1. The average Bonchev–Trinajstić information content (AvgIpc) is 3.50. The van der Waals surface area contributed by atoms with Gasteiger partial charge < -0.3 is 14.8 Å². The Morgan fingerprint density at radius 2 is 2.00 bits per heavy atom. The van der Waals surface area contributed by atoms with E-state index in [1.54, 1.807) is 30.4 Å². The summed E-state index contributed by atoms with van der Waals surface area (Å²) >= 11 is 1.54. The molecular formula is C23H23F3N4O3S. The number of aryl methyl sites for hydroxylation is 1. The van der Waals surface area contributed by atoms with Gasteiger partial charge in [-0.1, -0.05) is 6.92 Å². The first-order valence-electron chi connectivity index (χ1n) is 10.8. The van der Waals surface area contributed by atoms with Crippen LogP contribution < -0.4 is 10.1 Å². The molecule has 0 spiro atoms. The Labute approximate surface area is 198 Å². The summed E-state index contributed by atoms with van der Waals surface area (Å²) in [6.07, 6.45) is 0.824. The van der Waals surface area contributed by atoms with Gasteiger partial charge in [0.05, 0.1) is 19.3 Å². The molecule has 1 fully saturated rings. The number of nitrogens with one attached hydrogen (secondary N) is 1. The van der Waals surface area contributed by atoms with Crippen molar-refractivity contribution in [3.8, 4) is 16.3 Å². The first-order valence-corrected chi connectivity index (χ1v) is 11.6. The van der Waals surface area contributed by atoms with Gasteiger partial charge in [0.1, 0.15) is 16.9 Å². The van der Waals surface area contributed by atoms with Crippen LogP contribution >= 0.6 is 11.3 Å². The topological polar surface area (TPSA) is 86.2 Å². The Bertz CT molecular complexity index is 1150. The molecular weight excluding hydrogens is 469 g/mol. The summed E-state index contributed by atoms with van der Waals surface area (Å²) in [5, 5.41) is 3.56. The van der Waals surface area contributed by atoms with Gasteiger partial charge in [-0.15, -0.1) is 11.3 Å². The van der Waals surface area contributed by atoms with Crippen LogP contribution in [0.15, 0.2) is 36.8 Å². The summed E-state index contributed by atoms with van der Waals surface area (Å²) in [5.41, 5.74) is 1.45. The molecule has 1 unspecified atom stereocenters. The van der Waals surface area contributed by atoms with E-state index in [0.29, 0.717) is 30.1 Å².